The van der Waals surface area contributed by atoms with Crippen LogP contribution in [0, 0.1) is 11.6 Å². The molecule has 1 aliphatic heterocycles. The van der Waals surface area contributed by atoms with E-state index >= 15 is 0 Å². The first-order chi connectivity index (χ1) is 9.04. The first kappa shape index (κ1) is 13.5. The maximum atomic E-state index is 12.9. The molecular formula is C13H14F2N2O2. The molecule has 1 heterocycles. The van der Waals surface area contributed by atoms with Gasteiger partial charge in [-0.3, -0.25) is 9.59 Å². The quantitative estimate of drug-likeness (QED) is 0.852. The van der Waals surface area contributed by atoms with Gasteiger partial charge in [-0.1, -0.05) is 0 Å². The largest absolute Gasteiger partial charge is 0.354 e. The number of benzene rings is 1. The van der Waals surface area contributed by atoms with Crippen LogP contribution in [0.5, 0.6) is 0 Å². The number of amides is 2. The number of halogens is 2. The Balaban J connectivity index is 1.80. The number of hydrogen-bond donors (Lipinski definition) is 2. The fourth-order valence-electron chi connectivity index (χ4n) is 2.02. The monoisotopic (exact) mass is 268 g/mol. The molecule has 1 aromatic carbocycles. The van der Waals surface area contributed by atoms with Crippen molar-refractivity contribution in [2.75, 3.05) is 6.54 Å². The zero-order chi connectivity index (χ0) is 13.8. The van der Waals surface area contributed by atoms with Crippen molar-refractivity contribution in [1.29, 1.82) is 0 Å². The molecule has 1 unspecified atom stereocenters. The molecule has 0 aliphatic carbocycles. The van der Waals surface area contributed by atoms with E-state index in [1.165, 1.54) is 12.1 Å². The molecule has 0 bridgehead atoms. The highest BCUT2D eigenvalue weighted by Gasteiger charge is 2.26. The van der Waals surface area contributed by atoms with Crippen molar-refractivity contribution in [2.24, 2.45) is 0 Å². The van der Waals surface area contributed by atoms with Crippen LogP contribution in [-0.2, 0) is 16.0 Å². The van der Waals surface area contributed by atoms with E-state index in [0.717, 1.165) is 6.07 Å². The van der Waals surface area contributed by atoms with E-state index in [1.807, 2.05) is 0 Å². The van der Waals surface area contributed by atoms with Gasteiger partial charge in [0.2, 0.25) is 11.8 Å². The summed E-state index contributed by atoms with van der Waals surface area (Å²) in [5.74, 6) is -1.66. The van der Waals surface area contributed by atoms with Crippen LogP contribution in [0.4, 0.5) is 8.78 Å². The summed E-state index contributed by atoms with van der Waals surface area (Å²) >= 11 is 0. The molecule has 0 aromatic heterocycles. The maximum absolute atomic E-state index is 12.9. The number of hydrogen-bond acceptors (Lipinski definition) is 2. The first-order valence-corrected chi connectivity index (χ1v) is 6.06. The molecule has 4 nitrogen and oxygen atoms in total. The van der Waals surface area contributed by atoms with Gasteiger partial charge in [0, 0.05) is 19.0 Å². The van der Waals surface area contributed by atoms with Gasteiger partial charge in [-0.2, -0.15) is 0 Å². The van der Waals surface area contributed by atoms with Gasteiger partial charge in [-0.05, 0) is 30.5 Å². The molecule has 0 spiro atoms. The molecule has 2 amide bonds. The van der Waals surface area contributed by atoms with Crippen LogP contribution in [0.15, 0.2) is 18.2 Å². The number of nitrogens with one attached hydrogen (secondary N) is 2. The molecule has 102 valence electrons. The predicted molar refractivity (Wildman–Crippen MR) is 64.2 cm³/mol. The van der Waals surface area contributed by atoms with E-state index in [0.29, 0.717) is 24.8 Å². The smallest absolute Gasteiger partial charge is 0.242 e. The van der Waals surface area contributed by atoms with E-state index in [4.69, 9.17) is 0 Å². The standard InChI is InChI=1S/C13H14F2N2O2/c14-9-5-8(6-10(15)7-9)3-4-16-13(19)11-1-2-12(18)17-11/h5-7,11H,1-4H2,(H,16,19)(H,17,18). The van der Waals surface area contributed by atoms with Crippen molar-refractivity contribution in [3.05, 3.63) is 35.4 Å². The highest BCUT2D eigenvalue weighted by atomic mass is 19.1. The van der Waals surface area contributed by atoms with E-state index < -0.39 is 17.7 Å². The Labute approximate surface area is 109 Å². The van der Waals surface area contributed by atoms with E-state index in [-0.39, 0.29) is 18.4 Å². The lowest BCUT2D eigenvalue weighted by Gasteiger charge is -2.10. The summed E-state index contributed by atoms with van der Waals surface area (Å²) in [5.41, 5.74) is 0.480. The van der Waals surface area contributed by atoms with Crippen LogP contribution in [0.25, 0.3) is 0 Å². The van der Waals surface area contributed by atoms with Gasteiger partial charge >= 0.3 is 0 Å². The summed E-state index contributed by atoms with van der Waals surface area (Å²) in [5, 5.41) is 5.18. The van der Waals surface area contributed by atoms with Crippen LogP contribution in [-0.4, -0.2) is 24.4 Å². The van der Waals surface area contributed by atoms with Crippen LogP contribution in [0.3, 0.4) is 0 Å². The third-order valence-corrected chi connectivity index (χ3v) is 2.95. The van der Waals surface area contributed by atoms with E-state index in [9.17, 15) is 18.4 Å². The Morgan fingerprint density at radius 3 is 2.58 bits per heavy atom. The SMILES string of the molecule is O=C1CCC(C(=O)NCCc2cc(F)cc(F)c2)N1. The van der Waals surface area contributed by atoms with Gasteiger partial charge in [-0.25, -0.2) is 8.78 Å². The van der Waals surface area contributed by atoms with E-state index in [1.54, 1.807) is 0 Å². The van der Waals surface area contributed by atoms with Crippen molar-refractivity contribution in [3.8, 4) is 0 Å². The topological polar surface area (TPSA) is 58.2 Å². The Hall–Kier alpha value is -1.98. The molecule has 2 rings (SSSR count). The summed E-state index contributed by atoms with van der Waals surface area (Å²) in [4.78, 5) is 22.6. The molecule has 2 N–H and O–H groups in total. The molecule has 0 saturated carbocycles. The fourth-order valence-corrected chi connectivity index (χ4v) is 2.02. The Bertz CT molecular complexity index is 485. The number of carbonyl (C=O) groups excluding carboxylic acids is 2. The van der Waals surface area contributed by atoms with Crippen LogP contribution >= 0.6 is 0 Å². The van der Waals surface area contributed by atoms with Crippen molar-refractivity contribution in [3.63, 3.8) is 0 Å². The normalized spacial score (nSPS) is 18.2. The van der Waals surface area contributed by atoms with Crippen molar-refractivity contribution in [2.45, 2.75) is 25.3 Å². The maximum Gasteiger partial charge on any atom is 0.242 e. The van der Waals surface area contributed by atoms with Crippen molar-refractivity contribution in [1.82, 2.24) is 10.6 Å². The summed E-state index contributed by atoms with van der Waals surface area (Å²) < 4.78 is 25.9. The fraction of sp³-hybridized carbons (Fsp3) is 0.385. The molecular weight excluding hydrogens is 254 g/mol. The highest BCUT2D eigenvalue weighted by Crippen LogP contribution is 2.09. The van der Waals surface area contributed by atoms with Gasteiger partial charge < -0.3 is 10.6 Å². The van der Waals surface area contributed by atoms with Gasteiger partial charge in [0.15, 0.2) is 0 Å². The lowest BCUT2D eigenvalue weighted by molar-refractivity contribution is -0.125. The van der Waals surface area contributed by atoms with Gasteiger partial charge in [0.25, 0.3) is 0 Å². The zero-order valence-electron chi connectivity index (χ0n) is 10.2. The molecule has 6 heteroatoms. The summed E-state index contributed by atoms with van der Waals surface area (Å²) in [6.07, 6.45) is 1.17. The van der Waals surface area contributed by atoms with Crippen LogP contribution in [0.1, 0.15) is 18.4 Å². The predicted octanol–water partition coefficient (Wildman–Crippen LogP) is 0.902. The Morgan fingerprint density at radius 1 is 1.32 bits per heavy atom. The minimum absolute atomic E-state index is 0.132. The van der Waals surface area contributed by atoms with Gasteiger partial charge in [0.1, 0.15) is 17.7 Å². The third kappa shape index (κ3) is 3.74. The first-order valence-electron chi connectivity index (χ1n) is 6.06. The van der Waals surface area contributed by atoms with Gasteiger partial charge in [-0.15, -0.1) is 0 Å². The number of rotatable bonds is 4. The second-order valence-corrected chi connectivity index (χ2v) is 4.48. The number of carbonyl (C=O) groups is 2. The second kappa shape index (κ2) is 5.77. The van der Waals surface area contributed by atoms with E-state index in [2.05, 4.69) is 10.6 Å². The lowest BCUT2D eigenvalue weighted by Crippen LogP contribution is -2.42. The van der Waals surface area contributed by atoms with Gasteiger partial charge in [0.05, 0.1) is 0 Å². The van der Waals surface area contributed by atoms with Crippen molar-refractivity contribution >= 4 is 11.8 Å². The average molecular weight is 268 g/mol. The summed E-state index contributed by atoms with van der Waals surface area (Å²) in [6, 6.07) is 2.77. The molecule has 1 aliphatic rings. The lowest BCUT2D eigenvalue weighted by atomic mass is 10.1. The summed E-state index contributed by atoms with van der Waals surface area (Å²) in [6.45, 7) is 0.272. The van der Waals surface area contributed by atoms with Crippen LogP contribution in [0.2, 0.25) is 0 Å². The average Bonchev–Trinajstić information content (AvgIpc) is 2.74. The summed E-state index contributed by atoms with van der Waals surface area (Å²) in [7, 11) is 0. The highest BCUT2D eigenvalue weighted by molar-refractivity contribution is 5.90. The van der Waals surface area contributed by atoms with Crippen molar-refractivity contribution < 1.29 is 18.4 Å². The Morgan fingerprint density at radius 2 is 2.00 bits per heavy atom. The third-order valence-electron chi connectivity index (χ3n) is 2.95. The molecule has 1 aromatic rings. The minimum Gasteiger partial charge on any atom is -0.354 e. The molecule has 0 radical (unpaired) electrons. The minimum atomic E-state index is -0.635. The molecule has 1 saturated heterocycles. The van der Waals surface area contributed by atoms with Crippen LogP contribution < -0.4 is 10.6 Å². The zero-order valence-corrected chi connectivity index (χ0v) is 10.2. The molecule has 1 atom stereocenters. The molecule has 19 heavy (non-hydrogen) atoms. The second-order valence-electron chi connectivity index (χ2n) is 4.48. The Kier molecular flexibility index (Phi) is 4.09. The molecule has 1 fully saturated rings.